The number of anilines is 1. The Bertz CT molecular complexity index is 699. The molecule has 26 heavy (non-hydrogen) atoms. The van der Waals surface area contributed by atoms with Crippen LogP contribution in [0.25, 0.3) is 0 Å². The number of hydrogen-bond acceptors (Lipinski definition) is 3. The van der Waals surface area contributed by atoms with Crippen molar-refractivity contribution in [1.29, 1.82) is 0 Å². The second-order valence-electron chi connectivity index (χ2n) is 7.47. The third-order valence-electron chi connectivity index (χ3n) is 5.52. The summed E-state index contributed by atoms with van der Waals surface area (Å²) in [6.07, 6.45) is 4.45. The van der Waals surface area contributed by atoms with Crippen molar-refractivity contribution in [2.45, 2.75) is 31.7 Å². The zero-order chi connectivity index (χ0) is 18.1. The van der Waals surface area contributed by atoms with Crippen LogP contribution in [0.4, 0.5) is 14.9 Å². The maximum atomic E-state index is 14.3. The molecule has 1 aromatic rings. The normalized spacial score (nSPS) is 21.2. The van der Waals surface area contributed by atoms with Gasteiger partial charge in [0.2, 0.25) is 0 Å². The number of nitrogens with zero attached hydrogens (tertiary/aromatic N) is 2. The van der Waals surface area contributed by atoms with Crippen molar-refractivity contribution in [3.8, 4) is 0 Å². The molecular formula is C19H25FN4O2. The van der Waals surface area contributed by atoms with Crippen LogP contribution in [0.2, 0.25) is 0 Å². The molecule has 3 amide bonds. The number of rotatable bonds is 5. The Hall–Kier alpha value is -2.15. The lowest BCUT2D eigenvalue weighted by molar-refractivity contribution is 0.0700. The average molecular weight is 360 g/mol. The van der Waals surface area contributed by atoms with Crippen LogP contribution in [0.5, 0.6) is 0 Å². The summed E-state index contributed by atoms with van der Waals surface area (Å²) >= 11 is 0. The van der Waals surface area contributed by atoms with Crippen LogP contribution >= 0.6 is 0 Å². The van der Waals surface area contributed by atoms with Gasteiger partial charge in [-0.25, -0.2) is 9.18 Å². The SMILES string of the molecule is O=C(c1cc(N2CCNC2=O)ccc1F)N1CCC(NCC2CC2)CC1. The van der Waals surface area contributed by atoms with Crippen molar-refractivity contribution in [3.63, 3.8) is 0 Å². The van der Waals surface area contributed by atoms with E-state index in [-0.39, 0.29) is 17.5 Å². The van der Waals surface area contributed by atoms with Crippen LogP contribution in [0.15, 0.2) is 18.2 Å². The van der Waals surface area contributed by atoms with E-state index in [2.05, 4.69) is 10.6 Å². The zero-order valence-corrected chi connectivity index (χ0v) is 14.8. The standard InChI is InChI=1S/C19H25FN4O2/c20-17-4-3-15(24-10-7-21-19(24)26)11-16(17)18(25)23-8-5-14(6-9-23)22-12-13-1-2-13/h3-4,11,13-14,22H,1-2,5-10,12H2,(H,21,26). The van der Waals surface area contributed by atoms with E-state index in [4.69, 9.17) is 0 Å². The molecule has 4 rings (SSSR count). The van der Waals surface area contributed by atoms with E-state index in [1.165, 1.54) is 29.9 Å². The fraction of sp³-hybridized carbons (Fsp3) is 0.579. The second-order valence-corrected chi connectivity index (χ2v) is 7.47. The molecule has 0 unspecified atom stereocenters. The molecule has 0 bridgehead atoms. The van der Waals surface area contributed by atoms with Crippen molar-refractivity contribution >= 4 is 17.6 Å². The predicted octanol–water partition coefficient (Wildman–Crippen LogP) is 1.96. The van der Waals surface area contributed by atoms with Gasteiger partial charge in [-0.2, -0.15) is 0 Å². The first kappa shape index (κ1) is 17.3. The average Bonchev–Trinajstić information content (AvgIpc) is 3.40. The van der Waals surface area contributed by atoms with E-state index in [1.54, 1.807) is 11.0 Å². The van der Waals surface area contributed by atoms with Gasteiger partial charge in [0.05, 0.1) is 5.56 Å². The lowest BCUT2D eigenvalue weighted by atomic mass is 10.0. The highest BCUT2D eigenvalue weighted by molar-refractivity contribution is 5.98. The third kappa shape index (κ3) is 3.67. The Labute approximate surface area is 152 Å². The lowest BCUT2D eigenvalue weighted by Gasteiger charge is -2.33. The van der Waals surface area contributed by atoms with Gasteiger partial charge in [-0.1, -0.05) is 0 Å². The summed E-state index contributed by atoms with van der Waals surface area (Å²) in [7, 11) is 0. The summed E-state index contributed by atoms with van der Waals surface area (Å²) in [6, 6.07) is 4.56. The first-order valence-electron chi connectivity index (χ1n) is 9.49. The van der Waals surface area contributed by atoms with Gasteiger partial charge in [-0.15, -0.1) is 0 Å². The van der Waals surface area contributed by atoms with Crippen molar-refractivity contribution in [2.24, 2.45) is 5.92 Å². The molecule has 3 fully saturated rings. The molecule has 2 saturated heterocycles. The van der Waals surface area contributed by atoms with E-state index < -0.39 is 5.82 Å². The molecule has 2 aliphatic heterocycles. The minimum Gasteiger partial charge on any atom is -0.338 e. The molecule has 2 heterocycles. The van der Waals surface area contributed by atoms with Crippen molar-refractivity contribution in [1.82, 2.24) is 15.5 Å². The van der Waals surface area contributed by atoms with Gasteiger partial charge in [-0.05, 0) is 56.3 Å². The molecular weight excluding hydrogens is 335 g/mol. The first-order valence-corrected chi connectivity index (χ1v) is 9.49. The summed E-state index contributed by atoms with van der Waals surface area (Å²) in [5.41, 5.74) is 0.609. The summed E-state index contributed by atoms with van der Waals surface area (Å²) in [5.74, 6) is 0.0196. The number of likely N-dealkylation sites (tertiary alicyclic amines) is 1. The molecule has 6 nitrogen and oxygen atoms in total. The highest BCUT2D eigenvalue weighted by Gasteiger charge is 2.28. The van der Waals surface area contributed by atoms with Gasteiger partial charge in [0.1, 0.15) is 5.82 Å². The first-order chi connectivity index (χ1) is 12.6. The smallest absolute Gasteiger partial charge is 0.321 e. The predicted molar refractivity (Wildman–Crippen MR) is 96.8 cm³/mol. The van der Waals surface area contributed by atoms with E-state index in [9.17, 15) is 14.0 Å². The maximum Gasteiger partial charge on any atom is 0.321 e. The van der Waals surface area contributed by atoms with Crippen molar-refractivity contribution in [2.75, 3.05) is 37.6 Å². The third-order valence-corrected chi connectivity index (χ3v) is 5.52. The van der Waals surface area contributed by atoms with Crippen LogP contribution in [-0.4, -0.2) is 55.6 Å². The Morgan fingerprint density at radius 2 is 1.96 bits per heavy atom. The Morgan fingerprint density at radius 3 is 2.62 bits per heavy atom. The number of piperidine rings is 1. The quantitative estimate of drug-likeness (QED) is 0.844. The van der Waals surface area contributed by atoms with Gasteiger partial charge in [0.15, 0.2) is 0 Å². The Morgan fingerprint density at radius 1 is 1.19 bits per heavy atom. The summed E-state index contributed by atoms with van der Waals surface area (Å²) in [6.45, 7) is 3.42. The number of nitrogens with one attached hydrogen (secondary N) is 2. The summed E-state index contributed by atoms with van der Waals surface area (Å²) < 4.78 is 14.3. The van der Waals surface area contributed by atoms with Gasteiger partial charge >= 0.3 is 6.03 Å². The molecule has 1 saturated carbocycles. The van der Waals surface area contributed by atoms with Gasteiger partial charge < -0.3 is 15.5 Å². The minimum atomic E-state index is -0.535. The maximum absolute atomic E-state index is 14.3. The molecule has 0 spiro atoms. The van der Waals surface area contributed by atoms with E-state index >= 15 is 0 Å². The number of benzene rings is 1. The molecule has 1 aliphatic carbocycles. The fourth-order valence-corrected chi connectivity index (χ4v) is 3.68. The van der Waals surface area contributed by atoms with Crippen LogP contribution in [-0.2, 0) is 0 Å². The molecule has 0 atom stereocenters. The minimum absolute atomic E-state index is 0.0478. The lowest BCUT2D eigenvalue weighted by Crippen LogP contribution is -2.45. The van der Waals surface area contributed by atoms with Crippen LogP contribution in [0, 0.1) is 11.7 Å². The highest BCUT2D eigenvalue weighted by Crippen LogP contribution is 2.28. The van der Waals surface area contributed by atoms with E-state index in [0.717, 1.165) is 25.3 Å². The molecule has 0 aromatic heterocycles. The Balaban J connectivity index is 1.40. The molecule has 3 aliphatic rings. The number of carbonyl (C=O) groups excluding carboxylic acids is 2. The number of hydrogen-bond donors (Lipinski definition) is 2. The van der Waals surface area contributed by atoms with Crippen molar-refractivity contribution < 1.29 is 14.0 Å². The van der Waals surface area contributed by atoms with E-state index in [0.29, 0.717) is 37.9 Å². The summed E-state index contributed by atoms with van der Waals surface area (Å²) in [4.78, 5) is 27.9. The number of amides is 3. The summed E-state index contributed by atoms with van der Waals surface area (Å²) in [5, 5.41) is 6.30. The molecule has 140 valence electrons. The van der Waals surface area contributed by atoms with Crippen molar-refractivity contribution in [3.05, 3.63) is 29.6 Å². The van der Waals surface area contributed by atoms with Crippen LogP contribution in [0.1, 0.15) is 36.0 Å². The topological polar surface area (TPSA) is 64.7 Å². The Kier molecular flexibility index (Phi) is 4.80. The van der Waals surface area contributed by atoms with Crippen LogP contribution < -0.4 is 15.5 Å². The highest BCUT2D eigenvalue weighted by atomic mass is 19.1. The van der Waals surface area contributed by atoms with E-state index in [1.807, 2.05) is 0 Å². The van der Waals surface area contributed by atoms with Gasteiger partial charge in [-0.3, -0.25) is 9.69 Å². The molecule has 1 aromatic carbocycles. The molecule has 0 radical (unpaired) electrons. The van der Waals surface area contributed by atoms with Gasteiger partial charge in [0, 0.05) is 37.9 Å². The largest absolute Gasteiger partial charge is 0.338 e. The number of urea groups is 1. The fourth-order valence-electron chi connectivity index (χ4n) is 3.68. The van der Waals surface area contributed by atoms with Gasteiger partial charge in [0.25, 0.3) is 5.91 Å². The molecule has 7 heteroatoms. The number of halogens is 1. The monoisotopic (exact) mass is 360 g/mol. The van der Waals surface area contributed by atoms with Crippen LogP contribution in [0.3, 0.4) is 0 Å². The zero-order valence-electron chi connectivity index (χ0n) is 14.8. The molecule has 2 N–H and O–H groups in total. The second kappa shape index (κ2) is 7.23. The number of carbonyl (C=O) groups is 2.